The summed E-state index contributed by atoms with van der Waals surface area (Å²) in [6.45, 7) is 5.36. The number of rotatable bonds is 5. The van der Waals surface area contributed by atoms with Crippen molar-refractivity contribution < 1.29 is 9.53 Å². The summed E-state index contributed by atoms with van der Waals surface area (Å²) in [6.07, 6.45) is 1.84. The van der Waals surface area contributed by atoms with Crippen LogP contribution in [0.2, 0.25) is 0 Å². The number of hydrogen-bond acceptors (Lipinski definition) is 4. The Balaban J connectivity index is 2.32. The Kier molecular flexibility index (Phi) is 5.22. The molecule has 16 heavy (non-hydrogen) atoms. The molecule has 0 saturated carbocycles. The second-order valence-corrected chi connectivity index (χ2v) is 4.33. The monoisotopic (exact) mass is 239 g/mol. The SMILES string of the molecule is COC(=O)/C(C)=C/CNCc1cscc1C. The van der Waals surface area contributed by atoms with E-state index in [2.05, 4.69) is 27.7 Å². The zero-order chi connectivity index (χ0) is 12.0. The predicted octanol–water partition coefficient (Wildman–Crippen LogP) is 2.27. The van der Waals surface area contributed by atoms with Gasteiger partial charge in [-0.25, -0.2) is 4.79 Å². The fraction of sp³-hybridized carbons (Fsp3) is 0.417. The molecule has 88 valence electrons. The van der Waals surface area contributed by atoms with Gasteiger partial charge in [0.05, 0.1) is 7.11 Å². The molecule has 0 bridgehead atoms. The van der Waals surface area contributed by atoms with E-state index in [1.165, 1.54) is 18.2 Å². The highest BCUT2D eigenvalue weighted by Crippen LogP contribution is 2.12. The van der Waals surface area contributed by atoms with Gasteiger partial charge in [0.15, 0.2) is 0 Å². The van der Waals surface area contributed by atoms with Crippen LogP contribution in [0.4, 0.5) is 0 Å². The van der Waals surface area contributed by atoms with Gasteiger partial charge in [-0.15, -0.1) is 0 Å². The summed E-state index contributed by atoms with van der Waals surface area (Å²) >= 11 is 1.71. The van der Waals surface area contributed by atoms with E-state index < -0.39 is 0 Å². The second kappa shape index (κ2) is 6.45. The highest BCUT2D eigenvalue weighted by Gasteiger charge is 2.01. The Morgan fingerprint density at radius 1 is 1.56 bits per heavy atom. The van der Waals surface area contributed by atoms with Crippen molar-refractivity contribution in [3.05, 3.63) is 33.5 Å². The van der Waals surface area contributed by atoms with Crippen LogP contribution < -0.4 is 5.32 Å². The largest absolute Gasteiger partial charge is 0.466 e. The Morgan fingerprint density at radius 2 is 2.31 bits per heavy atom. The summed E-state index contributed by atoms with van der Waals surface area (Å²) in [5, 5.41) is 7.53. The number of carbonyl (C=O) groups is 1. The van der Waals surface area contributed by atoms with E-state index >= 15 is 0 Å². The van der Waals surface area contributed by atoms with Gasteiger partial charge < -0.3 is 10.1 Å². The molecular weight excluding hydrogens is 222 g/mol. The van der Waals surface area contributed by atoms with Gasteiger partial charge in [0.2, 0.25) is 0 Å². The van der Waals surface area contributed by atoms with E-state index in [9.17, 15) is 4.79 Å². The molecule has 0 atom stereocenters. The molecule has 0 aliphatic carbocycles. The van der Waals surface area contributed by atoms with Gasteiger partial charge in [-0.05, 0) is 35.7 Å². The Bertz CT molecular complexity index is 382. The van der Waals surface area contributed by atoms with Gasteiger partial charge in [-0.1, -0.05) is 6.08 Å². The first-order valence-electron chi connectivity index (χ1n) is 5.12. The quantitative estimate of drug-likeness (QED) is 0.486. The molecule has 0 aliphatic rings. The summed E-state index contributed by atoms with van der Waals surface area (Å²) in [6, 6.07) is 0. The van der Waals surface area contributed by atoms with Crippen LogP contribution in [0.1, 0.15) is 18.1 Å². The summed E-state index contributed by atoms with van der Waals surface area (Å²) in [4.78, 5) is 11.1. The van der Waals surface area contributed by atoms with Crippen LogP contribution in [0.25, 0.3) is 0 Å². The maximum Gasteiger partial charge on any atom is 0.333 e. The number of ether oxygens (including phenoxy) is 1. The molecule has 0 amide bonds. The molecule has 3 nitrogen and oxygen atoms in total. The minimum Gasteiger partial charge on any atom is -0.466 e. The highest BCUT2D eigenvalue weighted by atomic mass is 32.1. The van der Waals surface area contributed by atoms with Crippen LogP contribution in [0.5, 0.6) is 0 Å². The standard InChI is InChI=1S/C12H17NO2S/c1-9(12(14)15-3)4-5-13-6-11-8-16-7-10(11)2/h4,7-8,13H,5-6H2,1-3H3/b9-4+. The van der Waals surface area contributed by atoms with Crippen molar-refractivity contribution in [1.82, 2.24) is 5.32 Å². The molecule has 1 rings (SSSR count). The van der Waals surface area contributed by atoms with Crippen LogP contribution in [0.15, 0.2) is 22.4 Å². The Morgan fingerprint density at radius 3 is 2.88 bits per heavy atom. The van der Waals surface area contributed by atoms with Crippen LogP contribution in [-0.4, -0.2) is 19.6 Å². The van der Waals surface area contributed by atoms with E-state index in [4.69, 9.17) is 0 Å². The lowest BCUT2D eigenvalue weighted by atomic mass is 10.2. The smallest absolute Gasteiger partial charge is 0.333 e. The zero-order valence-electron chi connectivity index (χ0n) is 9.87. The molecule has 1 heterocycles. The van der Waals surface area contributed by atoms with Gasteiger partial charge in [-0.3, -0.25) is 0 Å². The number of thiophene rings is 1. The molecule has 0 spiro atoms. The van der Waals surface area contributed by atoms with Crippen LogP contribution in [0, 0.1) is 6.92 Å². The average Bonchev–Trinajstić information content (AvgIpc) is 2.69. The zero-order valence-corrected chi connectivity index (χ0v) is 10.7. The first kappa shape index (κ1) is 12.9. The number of hydrogen-bond donors (Lipinski definition) is 1. The van der Waals surface area contributed by atoms with Crippen LogP contribution in [-0.2, 0) is 16.1 Å². The molecule has 0 radical (unpaired) electrons. The van der Waals surface area contributed by atoms with Crippen molar-refractivity contribution >= 4 is 17.3 Å². The first-order chi connectivity index (χ1) is 7.65. The average molecular weight is 239 g/mol. The third-order valence-corrected chi connectivity index (χ3v) is 3.25. The normalized spacial score (nSPS) is 11.6. The maximum atomic E-state index is 11.1. The van der Waals surface area contributed by atoms with Gasteiger partial charge in [0, 0.05) is 18.7 Å². The highest BCUT2D eigenvalue weighted by molar-refractivity contribution is 7.08. The Labute approximate surface area is 100 Å². The lowest BCUT2D eigenvalue weighted by molar-refractivity contribution is -0.136. The lowest BCUT2D eigenvalue weighted by Gasteiger charge is -2.02. The van der Waals surface area contributed by atoms with E-state index in [1.807, 2.05) is 6.08 Å². The summed E-state index contributed by atoms with van der Waals surface area (Å²) in [5.74, 6) is -0.270. The minimum absolute atomic E-state index is 0.270. The third-order valence-electron chi connectivity index (χ3n) is 2.34. The molecule has 1 aromatic rings. The van der Waals surface area contributed by atoms with E-state index in [-0.39, 0.29) is 5.97 Å². The second-order valence-electron chi connectivity index (χ2n) is 3.59. The molecule has 0 unspecified atom stereocenters. The molecule has 0 aromatic carbocycles. The minimum atomic E-state index is -0.270. The van der Waals surface area contributed by atoms with Gasteiger partial charge in [-0.2, -0.15) is 11.3 Å². The predicted molar refractivity (Wildman–Crippen MR) is 66.5 cm³/mol. The fourth-order valence-corrected chi connectivity index (χ4v) is 2.10. The van der Waals surface area contributed by atoms with Crippen molar-refractivity contribution in [1.29, 1.82) is 0 Å². The maximum absolute atomic E-state index is 11.1. The number of esters is 1. The molecule has 1 N–H and O–H groups in total. The molecule has 1 aromatic heterocycles. The molecule has 4 heteroatoms. The van der Waals surface area contributed by atoms with E-state index in [0.717, 1.165) is 6.54 Å². The number of aryl methyl sites for hydroxylation is 1. The van der Waals surface area contributed by atoms with Crippen molar-refractivity contribution in [2.45, 2.75) is 20.4 Å². The molecule has 0 fully saturated rings. The van der Waals surface area contributed by atoms with Gasteiger partial charge >= 0.3 is 5.97 Å². The van der Waals surface area contributed by atoms with Crippen LogP contribution in [0.3, 0.4) is 0 Å². The van der Waals surface area contributed by atoms with E-state index in [0.29, 0.717) is 12.1 Å². The summed E-state index contributed by atoms with van der Waals surface area (Å²) in [7, 11) is 1.39. The summed E-state index contributed by atoms with van der Waals surface area (Å²) in [5.41, 5.74) is 3.26. The number of carbonyl (C=O) groups excluding carboxylic acids is 1. The number of nitrogens with one attached hydrogen (secondary N) is 1. The number of methoxy groups -OCH3 is 1. The third kappa shape index (κ3) is 3.79. The van der Waals surface area contributed by atoms with Crippen molar-refractivity contribution in [2.24, 2.45) is 0 Å². The molecular formula is C12H17NO2S. The first-order valence-corrected chi connectivity index (χ1v) is 6.07. The van der Waals surface area contributed by atoms with Crippen molar-refractivity contribution in [3.63, 3.8) is 0 Å². The van der Waals surface area contributed by atoms with E-state index in [1.54, 1.807) is 18.3 Å². The Hall–Kier alpha value is -1.13. The summed E-state index contributed by atoms with van der Waals surface area (Å²) < 4.78 is 4.60. The van der Waals surface area contributed by atoms with Gasteiger partial charge in [0.25, 0.3) is 0 Å². The van der Waals surface area contributed by atoms with Crippen molar-refractivity contribution in [2.75, 3.05) is 13.7 Å². The lowest BCUT2D eigenvalue weighted by Crippen LogP contribution is -2.14. The van der Waals surface area contributed by atoms with Crippen LogP contribution >= 0.6 is 11.3 Å². The fourth-order valence-electron chi connectivity index (χ4n) is 1.24. The van der Waals surface area contributed by atoms with Crippen molar-refractivity contribution in [3.8, 4) is 0 Å². The van der Waals surface area contributed by atoms with Gasteiger partial charge in [0.1, 0.15) is 0 Å². The topological polar surface area (TPSA) is 38.3 Å². The molecule has 0 aliphatic heterocycles. The molecule has 0 saturated heterocycles.